The molecule has 1 saturated heterocycles. The average molecular weight is 553 g/mol. The van der Waals surface area contributed by atoms with Crippen LogP contribution in [0.15, 0.2) is 18.3 Å². The molecule has 4 heterocycles. The third kappa shape index (κ3) is 6.99. The Morgan fingerprint density at radius 2 is 2.10 bits per heavy atom. The van der Waals surface area contributed by atoms with Crippen molar-refractivity contribution < 1.29 is 19.1 Å². The van der Waals surface area contributed by atoms with E-state index in [-0.39, 0.29) is 17.9 Å². The molecular weight excluding hydrogens is 516 g/mol. The van der Waals surface area contributed by atoms with E-state index in [4.69, 9.17) is 14.5 Å². The summed E-state index contributed by atoms with van der Waals surface area (Å²) in [4.78, 5) is 38.6. The molecule has 11 heteroatoms. The summed E-state index contributed by atoms with van der Waals surface area (Å²) in [6, 6.07) is 5.63. The largest absolute Gasteiger partial charge is 0.481 e. The van der Waals surface area contributed by atoms with Gasteiger partial charge in [0.25, 0.3) is 0 Å². The van der Waals surface area contributed by atoms with Crippen molar-refractivity contribution in [1.29, 1.82) is 5.26 Å². The molecule has 0 atom stereocenters. The highest BCUT2D eigenvalue weighted by atomic mass is 32.2. The summed E-state index contributed by atoms with van der Waals surface area (Å²) in [5.41, 5.74) is 3.14. The lowest BCUT2D eigenvalue weighted by Crippen LogP contribution is -2.40. The van der Waals surface area contributed by atoms with Crippen molar-refractivity contribution in [2.24, 2.45) is 5.92 Å². The Hall–Kier alpha value is -3.36. The minimum Gasteiger partial charge on any atom is -0.481 e. The quantitative estimate of drug-likeness (QED) is 0.463. The molecule has 2 aromatic rings. The third-order valence-corrected chi connectivity index (χ3v) is 7.83. The zero-order valence-corrected chi connectivity index (χ0v) is 23.7. The van der Waals surface area contributed by atoms with Crippen LogP contribution in [0.4, 0.5) is 16.4 Å². The van der Waals surface area contributed by atoms with E-state index < -0.39 is 0 Å². The standard InChI is InChI=1S/C28H36N6O4S/c1-33(27(35)19-8-11-38-12-9-19)18-22-14-21-6-4-10-34(25(21)32-26(22)37-2)28(36)31-24-15-20(7-5-13-39-3)23(16-29)17-30-24/h14-15,17,19H,4-13,18H2,1-3H3,(H,30,31,36). The second-order valence-corrected chi connectivity index (χ2v) is 10.8. The maximum absolute atomic E-state index is 13.3. The van der Waals surface area contributed by atoms with Crippen LogP contribution in [0.5, 0.6) is 5.88 Å². The third-order valence-electron chi connectivity index (χ3n) is 7.13. The van der Waals surface area contributed by atoms with Crippen molar-refractivity contribution in [2.45, 2.75) is 45.1 Å². The molecule has 0 radical (unpaired) electrons. The molecule has 2 aliphatic rings. The number of amides is 3. The van der Waals surface area contributed by atoms with Crippen LogP contribution >= 0.6 is 11.8 Å². The number of methoxy groups -OCH3 is 1. The Kier molecular flexibility index (Phi) is 10.0. The smallest absolute Gasteiger partial charge is 0.328 e. The van der Waals surface area contributed by atoms with Gasteiger partial charge in [0, 0.05) is 44.5 Å². The van der Waals surface area contributed by atoms with E-state index in [0.717, 1.165) is 61.0 Å². The van der Waals surface area contributed by atoms with Crippen molar-refractivity contribution >= 4 is 35.3 Å². The molecule has 0 saturated carbocycles. The number of rotatable bonds is 9. The Labute approximate surface area is 234 Å². The van der Waals surface area contributed by atoms with Crippen LogP contribution in [0.25, 0.3) is 0 Å². The topological polar surface area (TPSA) is 121 Å². The fourth-order valence-corrected chi connectivity index (χ4v) is 5.49. The average Bonchev–Trinajstić information content (AvgIpc) is 2.96. The van der Waals surface area contributed by atoms with Gasteiger partial charge in [0.2, 0.25) is 11.8 Å². The number of hydrogen-bond donors (Lipinski definition) is 1. The molecule has 3 amide bonds. The van der Waals surface area contributed by atoms with Crippen molar-refractivity contribution in [3.8, 4) is 11.9 Å². The molecule has 4 rings (SSSR count). The highest BCUT2D eigenvalue weighted by Gasteiger charge is 2.29. The van der Waals surface area contributed by atoms with E-state index in [0.29, 0.717) is 49.4 Å². The molecule has 2 aliphatic heterocycles. The fourth-order valence-electron chi connectivity index (χ4n) is 5.06. The molecule has 1 N–H and O–H groups in total. The number of carbonyl (C=O) groups is 2. The van der Waals surface area contributed by atoms with Gasteiger partial charge in [0.15, 0.2) is 0 Å². The number of aryl methyl sites for hydroxylation is 2. The molecule has 10 nitrogen and oxygen atoms in total. The monoisotopic (exact) mass is 552 g/mol. The molecule has 208 valence electrons. The lowest BCUT2D eigenvalue weighted by Gasteiger charge is -2.30. The van der Waals surface area contributed by atoms with Crippen LogP contribution in [0.3, 0.4) is 0 Å². The molecule has 0 aliphatic carbocycles. The number of nitrogens with zero attached hydrogens (tertiary/aromatic N) is 5. The van der Waals surface area contributed by atoms with Crippen molar-refractivity contribution in [2.75, 3.05) is 56.1 Å². The highest BCUT2D eigenvalue weighted by molar-refractivity contribution is 7.98. The fraction of sp³-hybridized carbons (Fsp3) is 0.536. The molecule has 0 unspecified atom stereocenters. The van der Waals surface area contributed by atoms with Crippen LogP contribution in [0.2, 0.25) is 0 Å². The Bertz CT molecular complexity index is 1230. The minimum absolute atomic E-state index is 0.0265. The first-order valence-electron chi connectivity index (χ1n) is 13.3. The van der Waals surface area contributed by atoms with Crippen LogP contribution in [0.1, 0.15) is 47.9 Å². The number of thioether (sulfide) groups is 1. The van der Waals surface area contributed by atoms with Gasteiger partial charge in [0.1, 0.15) is 17.7 Å². The van der Waals surface area contributed by atoms with E-state index in [1.807, 2.05) is 6.07 Å². The van der Waals surface area contributed by atoms with Gasteiger partial charge in [-0.05, 0) is 73.8 Å². The van der Waals surface area contributed by atoms with E-state index in [1.165, 1.54) is 6.20 Å². The van der Waals surface area contributed by atoms with Crippen LogP contribution in [-0.4, -0.2) is 72.7 Å². The molecule has 0 spiro atoms. The number of nitriles is 1. The number of fused-ring (bicyclic) bond motifs is 1. The predicted octanol–water partition coefficient (Wildman–Crippen LogP) is 4.02. The second kappa shape index (κ2) is 13.6. The SMILES string of the molecule is COc1nc2c(cc1CN(C)C(=O)C1CCOCC1)CCCN2C(=O)Nc1cc(CCCSC)c(C#N)cn1. The molecular formula is C28H36N6O4S. The second-order valence-electron chi connectivity index (χ2n) is 9.84. The summed E-state index contributed by atoms with van der Waals surface area (Å²) in [5.74, 6) is 2.42. The number of nitrogens with one attached hydrogen (secondary N) is 1. The number of carbonyl (C=O) groups excluding carboxylic acids is 2. The molecule has 0 aromatic carbocycles. The van der Waals surface area contributed by atoms with Gasteiger partial charge in [-0.15, -0.1) is 0 Å². The number of ether oxygens (including phenoxy) is 2. The van der Waals surface area contributed by atoms with E-state index in [2.05, 4.69) is 22.6 Å². The Balaban J connectivity index is 1.50. The molecule has 2 aromatic heterocycles. The zero-order valence-electron chi connectivity index (χ0n) is 22.9. The van der Waals surface area contributed by atoms with Crippen LogP contribution < -0.4 is 15.0 Å². The molecule has 39 heavy (non-hydrogen) atoms. The van der Waals surface area contributed by atoms with Crippen LogP contribution in [0, 0.1) is 17.2 Å². The van der Waals surface area contributed by atoms with Crippen molar-refractivity contribution in [3.63, 3.8) is 0 Å². The van der Waals surface area contributed by atoms with Gasteiger partial charge >= 0.3 is 6.03 Å². The van der Waals surface area contributed by atoms with Crippen LogP contribution in [-0.2, 0) is 28.9 Å². The normalized spacial score (nSPS) is 15.3. The number of urea groups is 1. The Morgan fingerprint density at radius 3 is 2.82 bits per heavy atom. The lowest BCUT2D eigenvalue weighted by atomic mass is 9.98. The number of anilines is 2. The minimum atomic E-state index is -0.336. The van der Waals surface area contributed by atoms with Gasteiger partial charge in [0.05, 0.1) is 19.2 Å². The zero-order chi connectivity index (χ0) is 27.8. The van der Waals surface area contributed by atoms with Gasteiger partial charge in [-0.3, -0.25) is 15.0 Å². The van der Waals surface area contributed by atoms with Crippen molar-refractivity contribution in [3.05, 3.63) is 40.6 Å². The van der Waals surface area contributed by atoms with Crippen molar-refractivity contribution in [1.82, 2.24) is 14.9 Å². The van der Waals surface area contributed by atoms with E-state index in [1.54, 1.807) is 41.8 Å². The summed E-state index contributed by atoms with van der Waals surface area (Å²) in [6.45, 7) is 2.11. The number of hydrogen-bond acceptors (Lipinski definition) is 8. The maximum atomic E-state index is 13.3. The lowest BCUT2D eigenvalue weighted by molar-refractivity contribution is -0.137. The predicted molar refractivity (Wildman–Crippen MR) is 151 cm³/mol. The van der Waals surface area contributed by atoms with Gasteiger partial charge in [-0.2, -0.15) is 22.0 Å². The van der Waals surface area contributed by atoms with E-state index >= 15 is 0 Å². The first kappa shape index (κ1) is 28.6. The van der Waals surface area contributed by atoms with E-state index in [9.17, 15) is 14.9 Å². The number of aromatic nitrogens is 2. The van der Waals surface area contributed by atoms with Gasteiger partial charge in [-0.1, -0.05) is 0 Å². The first-order chi connectivity index (χ1) is 18.9. The highest BCUT2D eigenvalue weighted by Crippen LogP contribution is 2.32. The molecule has 1 fully saturated rings. The maximum Gasteiger partial charge on any atom is 0.328 e. The van der Waals surface area contributed by atoms with Gasteiger partial charge < -0.3 is 14.4 Å². The summed E-state index contributed by atoms with van der Waals surface area (Å²) in [5, 5.41) is 12.3. The van der Waals surface area contributed by atoms with Gasteiger partial charge in [-0.25, -0.2) is 9.78 Å². The summed E-state index contributed by atoms with van der Waals surface area (Å²) < 4.78 is 11.0. The summed E-state index contributed by atoms with van der Waals surface area (Å²) >= 11 is 1.76. The summed E-state index contributed by atoms with van der Waals surface area (Å²) in [6.07, 6.45) is 8.28. The molecule has 0 bridgehead atoms. The first-order valence-corrected chi connectivity index (χ1v) is 14.7. The summed E-state index contributed by atoms with van der Waals surface area (Å²) in [7, 11) is 3.35. The number of pyridine rings is 2. The Morgan fingerprint density at radius 1 is 1.31 bits per heavy atom.